The summed E-state index contributed by atoms with van der Waals surface area (Å²) >= 11 is 0. The van der Waals surface area contributed by atoms with E-state index in [2.05, 4.69) is 4.43 Å². The molecule has 74 valence electrons. The van der Waals surface area contributed by atoms with Crippen LogP contribution in [0.15, 0.2) is 0 Å². The first-order valence-corrected chi connectivity index (χ1v) is 7.19. The van der Waals surface area contributed by atoms with Crippen molar-refractivity contribution in [1.82, 2.24) is 0 Å². The molecule has 0 aromatic heterocycles. The normalized spacial score (nSPS) is 33.2. The second-order valence-corrected chi connectivity index (χ2v) is 7.57. The molecule has 2 aliphatic rings. The number of nitrogens with zero attached hydrogens (tertiary/aromatic N) is 1. The average molecular weight is 207 g/mol. The van der Waals surface area contributed by atoms with E-state index in [1.165, 1.54) is 0 Å². The van der Waals surface area contributed by atoms with Gasteiger partial charge in [0.05, 0.1) is 0 Å². The number of rotatable bonds is 0. The quantitative estimate of drug-likeness (QED) is 0.338. The number of amides is 1. The maximum absolute atomic E-state index is 13.4. The molecule has 0 unspecified atom stereocenters. The van der Waals surface area contributed by atoms with Crippen molar-refractivity contribution in [2.75, 3.05) is 6.17 Å². The van der Waals surface area contributed by atoms with Crippen molar-refractivity contribution in [2.45, 2.75) is 25.8 Å². The van der Waals surface area contributed by atoms with Crippen LogP contribution in [0, 0.1) is 0 Å². The molecule has 0 aliphatic carbocycles. The molecule has 2 aliphatic heterocycles. The molecule has 2 heterocycles. The monoisotopic (exact) mass is 207 g/mol. The van der Waals surface area contributed by atoms with Gasteiger partial charge in [-0.3, -0.25) is 0 Å². The zero-order valence-corrected chi connectivity index (χ0v) is 8.35. The van der Waals surface area contributed by atoms with E-state index in [1.807, 2.05) is 0 Å². The summed E-state index contributed by atoms with van der Waals surface area (Å²) < 4.78 is 32.6. The minimum absolute atomic E-state index is 0.192. The zero-order chi connectivity index (χ0) is 9.71. The molecule has 0 aromatic carbocycles. The molecule has 0 atom stereocenters. The standard InChI is InChI=1S/C7H11F2NO2Si/c1-13(8,9)5-10-6(11)3-2-4-7(10)12-13/h2-5H2,1H3. The van der Waals surface area contributed by atoms with Crippen molar-refractivity contribution >= 4 is 20.1 Å². The average Bonchev–Trinajstić information content (AvgIpc) is 2.20. The molecule has 0 aromatic rings. The van der Waals surface area contributed by atoms with Crippen LogP contribution in [0.5, 0.6) is 0 Å². The van der Waals surface area contributed by atoms with Gasteiger partial charge in [0, 0.05) is 0 Å². The number of carbonyl (C=O) groups excluding carboxylic acids is 1. The van der Waals surface area contributed by atoms with Crippen LogP contribution in [0.4, 0.5) is 8.22 Å². The summed E-state index contributed by atoms with van der Waals surface area (Å²) in [5, 5.41) is 0. The Labute approximate surface area is 74.9 Å². The Morgan fingerprint density at radius 3 is 2.77 bits per heavy atom. The maximum atomic E-state index is 13.4. The fraction of sp³-hybridized carbons (Fsp3) is 0.714. The first-order valence-electron chi connectivity index (χ1n) is 4.31. The Kier molecular flexibility index (Phi) is 1.47. The van der Waals surface area contributed by atoms with Gasteiger partial charge in [0.25, 0.3) is 0 Å². The van der Waals surface area contributed by atoms with Crippen molar-refractivity contribution in [3.63, 3.8) is 0 Å². The van der Waals surface area contributed by atoms with Crippen molar-refractivity contribution in [1.29, 1.82) is 0 Å². The van der Waals surface area contributed by atoms with Crippen LogP contribution in [-0.4, -0.2) is 30.8 Å². The van der Waals surface area contributed by atoms with Crippen LogP contribution in [0.1, 0.15) is 19.3 Å². The van der Waals surface area contributed by atoms with Crippen molar-refractivity contribution in [3.05, 3.63) is 0 Å². The fourth-order valence-electron chi connectivity index (χ4n) is 1.75. The molecule has 2 rings (SSSR count). The molecular weight excluding hydrogens is 196 g/mol. The van der Waals surface area contributed by atoms with Crippen LogP contribution in [-0.2, 0) is 9.22 Å². The van der Waals surface area contributed by atoms with Gasteiger partial charge in [0.1, 0.15) is 0 Å². The molecule has 0 fully saturated rings. The molecule has 0 saturated heterocycles. The van der Waals surface area contributed by atoms with Gasteiger partial charge in [-0.1, -0.05) is 0 Å². The van der Waals surface area contributed by atoms with Crippen LogP contribution in [0.2, 0.25) is 6.55 Å². The summed E-state index contributed by atoms with van der Waals surface area (Å²) in [5.41, 5.74) is 0. The predicted octanol–water partition coefficient (Wildman–Crippen LogP) is 1.14. The summed E-state index contributed by atoms with van der Waals surface area (Å²) in [4.78, 5) is 11.2. The van der Waals surface area contributed by atoms with E-state index in [9.17, 15) is 13.0 Å². The first-order chi connectivity index (χ1) is 5.85. The van der Waals surface area contributed by atoms with Gasteiger partial charge < -0.3 is 0 Å². The molecule has 3 nitrogen and oxygen atoms in total. The Bertz CT molecular complexity index is 318. The first kappa shape index (κ1) is 8.80. The van der Waals surface area contributed by atoms with E-state index in [4.69, 9.17) is 0 Å². The van der Waals surface area contributed by atoms with Gasteiger partial charge in [-0.15, -0.1) is 0 Å². The Morgan fingerprint density at radius 2 is 2.15 bits per heavy atom. The summed E-state index contributed by atoms with van der Waals surface area (Å²) in [6, 6.07) is 0. The third-order valence-corrected chi connectivity index (χ3v) is 3.99. The molecule has 0 radical (unpaired) electrons. The van der Waals surface area contributed by atoms with Gasteiger partial charge >= 0.3 is 74.1 Å². The Morgan fingerprint density at radius 1 is 1.46 bits per heavy atom. The van der Waals surface area contributed by atoms with Crippen molar-refractivity contribution in [3.8, 4) is 0 Å². The van der Waals surface area contributed by atoms with Crippen LogP contribution in [0.25, 0.3) is 0 Å². The summed E-state index contributed by atoms with van der Waals surface area (Å²) in [6.07, 6.45) is 0.967. The number of hydrogen-bond acceptors (Lipinski definition) is 2. The van der Waals surface area contributed by atoms with Crippen LogP contribution < -0.4 is 0 Å². The summed E-state index contributed by atoms with van der Waals surface area (Å²) in [7, 11) is -5.25. The van der Waals surface area contributed by atoms with Gasteiger partial charge in [0.2, 0.25) is 0 Å². The van der Waals surface area contributed by atoms with E-state index < -0.39 is 14.4 Å². The molecular formula is C7H11F2NO2Si. The zero-order valence-electron chi connectivity index (χ0n) is 7.35. The Hall–Kier alpha value is -0.783. The van der Waals surface area contributed by atoms with Gasteiger partial charge in [-0.05, 0) is 0 Å². The summed E-state index contributed by atoms with van der Waals surface area (Å²) in [6.45, 7) is 0.860. The predicted molar refractivity (Wildman–Crippen MR) is 43.9 cm³/mol. The topological polar surface area (TPSA) is 29.3 Å². The van der Waals surface area contributed by atoms with E-state index in [-0.39, 0.29) is 11.8 Å². The SMILES string of the molecule is C[Si-]1(F)(F)C[N+]2=C(CCCC2=O)O1. The van der Waals surface area contributed by atoms with Crippen molar-refractivity contribution in [2.24, 2.45) is 0 Å². The van der Waals surface area contributed by atoms with Crippen molar-refractivity contribution < 1.29 is 22.0 Å². The Balaban J connectivity index is 2.33. The minimum atomic E-state index is -5.25. The van der Waals surface area contributed by atoms with E-state index in [0.717, 1.165) is 11.1 Å². The third-order valence-electron chi connectivity index (χ3n) is 2.25. The van der Waals surface area contributed by atoms with Gasteiger partial charge in [-0.2, -0.15) is 0 Å². The third kappa shape index (κ3) is 1.50. The van der Waals surface area contributed by atoms with E-state index in [1.54, 1.807) is 0 Å². The van der Waals surface area contributed by atoms with E-state index in [0.29, 0.717) is 19.3 Å². The second-order valence-electron chi connectivity index (χ2n) is 3.90. The second kappa shape index (κ2) is 2.17. The fourth-order valence-corrected chi connectivity index (χ4v) is 3.64. The number of hydrogen-bond donors (Lipinski definition) is 0. The van der Waals surface area contributed by atoms with Gasteiger partial charge in [0.15, 0.2) is 0 Å². The summed E-state index contributed by atoms with van der Waals surface area (Å²) in [5.74, 6) is -0.0343. The molecule has 0 saturated carbocycles. The number of halogens is 2. The molecule has 0 N–H and O–H groups in total. The molecule has 13 heavy (non-hydrogen) atoms. The van der Waals surface area contributed by atoms with E-state index >= 15 is 0 Å². The van der Waals surface area contributed by atoms with Crippen LogP contribution in [0.3, 0.4) is 0 Å². The van der Waals surface area contributed by atoms with Crippen LogP contribution >= 0.6 is 0 Å². The molecule has 1 amide bonds. The molecule has 0 bridgehead atoms. The molecule has 6 heteroatoms. The molecule has 0 spiro atoms. The van der Waals surface area contributed by atoms with Gasteiger partial charge in [-0.25, -0.2) is 0 Å². The number of carbonyl (C=O) groups is 1.